The van der Waals surface area contributed by atoms with Crippen molar-refractivity contribution in [3.63, 3.8) is 0 Å². The Morgan fingerprint density at radius 1 is 1.47 bits per heavy atom. The quantitative estimate of drug-likeness (QED) is 0.638. The van der Waals surface area contributed by atoms with E-state index >= 15 is 0 Å². The normalized spacial score (nSPS) is 16.6. The molecule has 1 N–H and O–H groups in total. The van der Waals surface area contributed by atoms with E-state index in [0.29, 0.717) is 6.61 Å². The average Bonchev–Trinajstić information content (AvgIpc) is 2.38. The Kier molecular flexibility index (Phi) is 3.47. The second-order valence-electron chi connectivity index (χ2n) is 4.08. The van der Waals surface area contributed by atoms with Crippen LogP contribution in [0, 0.1) is 5.41 Å². The largest absolute Gasteiger partial charge is 0.485 e. The number of nitrogens with zero attached hydrogens (tertiary/aromatic N) is 1. The monoisotopic (exact) mass is 230 g/mol. The summed E-state index contributed by atoms with van der Waals surface area (Å²) in [5, 5.41) is 7.54. The van der Waals surface area contributed by atoms with Gasteiger partial charge in [-0.3, -0.25) is 10.3 Å². The van der Waals surface area contributed by atoms with Gasteiger partial charge in [-0.2, -0.15) is 0 Å². The van der Waals surface area contributed by atoms with Crippen LogP contribution in [-0.4, -0.2) is 12.9 Å². The molecule has 0 saturated carbocycles. The zero-order valence-electron chi connectivity index (χ0n) is 10.4. The second kappa shape index (κ2) is 5.04. The third kappa shape index (κ3) is 2.05. The maximum absolute atomic E-state index is 7.54. The minimum absolute atomic E-state index is 0.541. The Labute approximate surface area is 102 Å². The smallest absolute Gasteiger partial charge is 0.147 e. The Morgan fingerprint density at radius 2 is 2.29 bits per heavy atom. The Morgan fingerprint density at radius 3 is 2.94 bits per heavy atom. The van der Waals surface area contributed by atoms with E-state index in [4.69, 9.17) is 10.1 Å². The summed E-state index contributed by atoms with van der Waals surface area (Å²) in [7, 11) is 0. The molecule has 1 aromatic rings. The molecule has 0 saturated heterocycles. The molecule has 0 bridgehead atoms. The summed E-state index contributed by atoms with van der Waals surface area (Å²) in [6, 6.07) is 6.13. The van der Waals surface area contributed by atoms with Gasteiger partial charge in [-0.25, -0.2) is 0 Å². The van der Waals surface area contributed by atoms with Crippen LogP contribution in [0.25, 0.3) is 0 Å². The lowest BCUT2D eigenvalue weighted by Gasteiger charge is -2.31. The van der Waals surface area contributed by atoms with E-state index in [1.54, 1.807) is 0 Å². The SMILES string of the molecule is C/C=C1\COc2c(CCC)cccc2N1C=N. The van der Waals surface area contributed by atoms with Crippen LogP contribution in [0.1, 0.15) is 25.8 Å². The molecule has 17 heavy (non-hydrogen) atoms. The van der Waals surface area contributed by atoms with Crippen LogP contribution in [0.15, 0.2) is 30.0 Å². The molecule has 3 nitrogen and oxygen atoms in total. The molecule has 0 unspecified atom stereocenters. The summed E-state index contributed by atoms with van der Waals surface area (Å²) in [4.78, 5) is 1.89. The first-order chi connectivity index (χ1) is 8.31. The predicted molar refractivity (Wildman–Crippen MR) is 71.0 cm³/mol. The maximum Gasteiger partial charge on any atom is 0.147 e. The summed E-state index contributed by atoms with van der Waals surface area (Å²) in [6.45, 7) is 4.67. The number of allylic oxidation sites excluding steroid dienone is 1. The highest BCUT2D eigenvalue weighted by molar-refractivity contribution is 5.86. The van der Waals surface area contributed by atoms with Gasteiger partial charge in [0.1, 0.15) is 12.4 Å². The number of para-hydroxylation sites is 1. The highest BCUT2D eigenvalue weighted by Gasteiger charge is 2.22. The zero-order chi connectivity index (χ0) is 12.3. The van der Waals surface area contributed by atoms with E-state index in [0.717, 1.165) is 30.0 Å². The Bertz CT molecular complexity index is 452. The molecule has 1 heterocycles. The van der Waals surface area contributed by atoms with Gasteiger partial charge in [-0.1, -0.05) is 31.6 Å². The van der Waals surface area contributed by atoms with Crippen molar-refractivity contribution in [1.29, 1.82) is 5.41 Å². The Hall–Kier alpha value is -1.77. The maximum atomic E-state index is 7.54. The average molecular weight is 230 g/mol. The summed E-state index contributed by atoms with van der Waals surface area (Å²) < 4.78 is 5.83. The second-order valence-corrected chi connectivity index (χ2v) is 4.08. The molecule has 1 aliphatic rings. The molecule has 0 aromatic heterocycles. The lowest BCUT2D eigenvalue weighted by Crippen LogP contribution is -2.29. The number of ether oxygens (including phenoxy) is 1. The fourth-order valence-electron chi connectivity index (χ4n) is 2.14. The summed E-state index contributed by atoms with van der Waals surface area (Å²) in [5.41, 5.74) is 3.22. The summed E-state index contributed by atoms with van der Waals surface area (Å²) in [6.07, 6.45) is 5.45. The highest BCUT2D eigenvalue weighted by atomic mass is 16.5. The number of anilines is 1. The lowest BCUT2D eigenvalue weighted by molar-refractivity contribution is 0.336. The molecule has 2 rings (SSSR count). The number of hydrogen-bond acceptors (Lipinski definition) is 2. The molecule has 0 spiro atoms. The molecule has 0 fully saturated rings. The van der Waals surface area contributed by atoms with Crippen molar-refractivity contribution >= 4 is 12.0 Å². The molecular weight excluding hydrogens is 212 g/mol. The van der Waals surface area contributed by atoms with E-state index in [1.165, 1.54) is 11.9 Å². The van der Waals surface area contributed by atoms with Gasteiger partial charge in [-0.15, -0.1) is 0 Å². The summed E-state index contributed by atoms with van der Waals surface area (Å²) in [5.74, 6) is 0.934. The molecule has 0 radical (unpaired) electrons. The first-order valence-electron chi connectivity index (χ1n) is 6.01. The van der Waals surface area contributed by atoms with Crippen LogP contribution in [0.4, 0.5) is 5.69 Å². The van der Waals surface area contributed by atoms with Crippen molar-refractivity contribution in [3.05, 3.63) is 35.5 Å². The molecule has 1 aromatic carbocycles. The van der Waals surface area contributed by atoms with E-state index in [1.807, 2.05) is 30.0 Å². The van der Waals surface area contributed by atoms with Crippen LogP contribution in [-0.2, 0) is 6.42 Å². The van der Waals surface area contributed by atoms with E-state index < -0.39 is 0 Å². The van der Waals surface area contributed by atoms with Gasteiger partial charge >= 0.3 is 0 Å². The number of fused-ring (bicyclic) bond motifs is 1. The standard InChI is InChI=1S/C14H18N2O/c1-3-6-11-7-5-8-13-14(11)17-9-12(4-2)16(13)10-15/h4-5,7-8,10,15H,3,6,9H2,1-2H3/b12-4+,15-10?. The summed E-state index contributed by atoms with van der Waals surface area (Å²) >= 11 is 0. The van der Waals surface area contributed by atoms with Gasteiger partial charge in [0, 0.05) is 0 Å². The van der Waals surface area contributed by atoms with Crippen molar-refractivity contribution < 1.29 is 4.74 Å². The Balaban J connectivity index is 2.48. The van der Waals surface area contributed by atoms with Crippen LogP contribution in [0.5, 0.6) is 5.75 Å². The van der Waals surface area contributed by atoms with E-state index in [-0.39, 0.29) is 0 Å². The zero-order valence-corrected chi connectivity index (χ0v) is 10.4. The molecule has 3 heteroatoms. The predicted octanol–water partition coefficient (Wildman–Crippen LogP) is 3.35. The van der Waals surface area contributed by atoms with Crippen molar-refractivity contribution in [2.24, 2.45) is 0 Å². The van der Waals surface area contributed by atoms with E-state index in [9.17, 15) is 0 Å². The first kappa shape index (κ1) is 11.7. The highest BCUT2D eigenvalue weighted by Crippen LogP contribution is 2.37. The van der Waals surface area contributed by atoms with Gasteiger partial charge in [0.25, 0.3) is 0 Å². The van der Waals surface area contributed by atoms with Gasteiger partial charge in [0.15, 0.2) is 0 Å². The molecule has 1 aliphatic heterocycles. The van der Waals surface area contributed by atoms with Crippen LogP contribution in [0.3, 0.4) is 0 Å². The number of rotatable bonds is 3. The molecule has 0 amide bonds. The molecular formula is C14H18N2O. The minimum atomic E-state index is 0.541. The third-order valence-corrected chi connectivity index (χ3v) is 2.99. The molecule has 90 valence electrons. The fraction of sp³-hybridized carbons (Fsp3) is 0.357. The van der Waals surface area contributed by atoms with Gasteiger partial charge < -0.3 is 4.74 Å². The van der Waals surface area contributed by atoms with Crippen LogP contribution in [0.2, 0.25) is 0 Å². The number of aryl methyl sites for hydroxylation is 1. The van der Waals surface area contributed by atoms with Gasteiger partial charge in [0.2, 0.25) is 0 Å². The minimum Gasteiger partial charge on any atom is -0.485 e. The lowest BCUT2D eigenvalue weighted by atomic mass is 10.1. The number of hydrogen-bond donors (Lipinski definition) is 1. The van der Waals surface area contributed by atoms with E-state index in [2.05, 4.69) is 13.0 Å². The molecule has 0 aliphatic carbocycles. The third-order valence-electron chi connectivity index (χ3n) is 2.99. The van der Waals surface area contributed by atoms with Crippen LogP contribution >= 0.6 is 0 Å². The topological polar surface area (TPSA) is 36.3 Å². The van der Waals surface area contributed by atoms with Crippen molar-refractivity contribution in [1.82, 2.24) is 0 Å². The fourth-order valence-corrected chi connectivity index (χ4v) is 2.14. The van der Waals surface area contributed by atoms with Crippen molar-refractivity contribution in [2.45, 2.75) is 26.7 Å². The van der Waals surface area contributed by atoms with Gasteiger partial charge in [-0.05, 0) is 25.0 Å². The first-order valence-corrected chi connectivity index (χ1v) is 6.01. The number of benzene rings is 1. The number of nitrogens with one attached hydrogen (secondary N) is 1. The molecule has 0 atom stereocenters. The van der Waals surface area contributed by atoms with Crippen LogP contribution < -0.4 is 9.64 Å². The van der Waals surface area contributed by atoms with Crippen molar-refractivity contribution in [2.75, 3.05) is 11.5 Å². The van der Waals surface area contributed by atoms with Crippen molar-refractivity contribution in [3.8, 4) is 5.75 Å². The van der Waals surface area contributed by atoms with Gasteiger partial charge in [0.05, 0.1) is 17.7 Å².